The SMILES string of the molecule is C#CC[C@H](O)[C@H](O)[C@H](CC1CCCCC1)NC(=O)[C@H](CC1CC1)NC(=O)C(Cc1ccccc1)CS(=O)C(C)(C)C. The molecule has 2 aliphatic rings. The van der Waals surface area contributed by atoms with E-state index in [1.807, 2.05) is 51.1 Å². The van der Waals surface area contributed by atoms with Crippen LogP contribution in [0.1, 0.15) is 90.5 Å². The molecule has 2 unspecified atom stereocenters. The first-order valence-electron chi connectivity index (χ1n) is 15.3. The molecule has 2 aliphatic carbocycles. The highest BCUT2D eigenvalue weighted by Crippen LogP contribution is 2.34. The van der Waals surface area contributed by atoms with E-state index in [0.29, 0.717) is 31.1 Å². The molecular formula is C33H50N2O5S. The van der Waals surface area contributed by atoms with Crippen molar-refractivity contribution in [2.24, 2.45) is 17.8 Å². The fourth-order valence-electron chi connectivity index (χ4n) is 5.63. The predicted octanol–water partition coefficient (Wildman–Crippen LogP) is 3.88. The minimum absolute atomic E-state index is 0.00742. The number of hydrogen-bond acceptors (Lipinski definition) is 5. The van der Waals surface area contributed by atoms with Crippen LogP contribution in [0.3, 0.4) is 0 Å². The van der Waals surface area contributed by atoms with Crippen molar-refractivity contribution in [2.75, 3.05) is 5.75 Å². The monoisotopic (exact) mass is 586 g/mol. The zero-order chi connectivity index (χ0) is 30.0. The van der Waals surface area contributed by atoms with Gasteiger partial charge in [-0.15, -0.1) is 12.3 Å². The van der Waals surface area contributed by atoms with Gasteiger partial charge in [0.25, 0.3) is 0 Å². The van der Waals surface area contributed by atoms with E-state index in [2.05, 4.69) is 16.6 Å². The van der Waals surface area contributed by atoms with E-state index in [1.165, 1.54) is 6.42 Å². The molecule has 0 aromatic heterocycles. The molecule has 2 amide bonds. The van der Waals surface area contributed by atoms with Gasteiger partial charge in [0.15, 0.2) is 0 Å². The van der Waals surface area contributed by atoms with Crippen LogP contribution >= 0.6 is 0 Å². The van der Waals surface area contributed by atoms with Crippen molar-refractivity contribution in [2.45, 2.75) is 120 Å². The Morgan fingerprint density at radius 2 is 1.61 bits per heavy atom. The van der Waals surface area contributed by atoms with Crippen LogP contribution in [0.15, 0.2) is 30.3 Å². The molecule has 0 spiro atoms. The number of hydrogen-bond donors (Lipinski definition) is 4. The Balaban J connectivity index is 1.77. The van der Waals surface area contributed by atoms with Crippen molar-refractivity contribution in [1.29, 1.82) is 0 Å². The standard InChI is InChI=1S/C33H50N2O5S/c1-5-12-29(36)30(37)27(20-24-15-10-7-11-16-24)34-32(39)28(21-25-17-18-25)35-31(38)26(22-41(40)33(2,3)4)19-23-13-8-6-9-14-23/h1,6,8-9,13-14,24-30,36-37H,7,10-12,15-22H2,2-4H3,(H,34,39)(H,35,38)/t26?,27-,28-,29-,30+,41?/m0/s1. The largest absolute Gasteiger partial charge is 0.389 e. The molecule has 6 atom stereocenters. The van der Waals surface area contributed by atoms with Crippen molar-refractivity contribution in [1.82, 2.24) is 10.6 Å². The maximum atomic E-state index is 13.7. The Kier molecular flexibility index (Phi) is 12.9. The number of terminal acetylenes is 1. The number of aliphatic hydroxyl groups is 2. The molecule has 1 aromatic carbocycles. The van der Waals surface area contributed by atoms with Crippen LogP contribution in [-0.4, -0.2) is 61.0 Å². The average Bonchev–Trinajstić information content (AvgIpc) is 3.76. The first-order valence-corrected chi connectivity index (χ1v) is 16.6. The van der Waals surface area contributed by atoms with E-state index in [1.54, 1.807) is 0 Å². The normalized spacial score (nSPS) is 20.6. The van der Waals surface area contributed by atoms with E-state index in [9.17, 15) is 24.0 Å². The molecule has 0 saturated heterocycles. The maximum Gasteiger partial charge on any atom is 0.242 e. The second-order valence-electron chi connectivity index (χ2n) is 13.1. The first-order chi connectivity index (χ1) is 19.5. The number of benzene rings is 1. The predicted molar refractivity (Wildman–Crippen MR) is 164 cm³/mol. The van der Waals surface area contributed by atoms with Gasteiger partial charge in [-0.05, 0) is 57.4 Å². The van der Waals surface area contributed by atoms with E-state index in [-0.39, 0.29) is 24.0 Å². The van der Waals surface area contributed by atoms with Crippen LogP contribution in [0.4, 0.5) is 0 Å². The van der Waals surface area contributed by atoms with Crippen LogP contribution in [-0.2, 0) is 26.8 Å². The van der Waals surface area contributed by atoms with Crippen LogP contribution in [0.5, 0.6) is 0 Å². The lowest BCUT2D eigenvalue weighted by Crippen LogP contribution is -2.56. The van der Waals surface area contributed by atoms with Gasteiger partial charge in [-0.2, -0.15) is 0 Å². The number of aliphatic hydroxyl groups excluding tert-OH is 2. The van der Waals surface area contributed by atoms with Gasteiger partial charge >= 0.3 is 0 Å². The Morgan fingerprint density at radius 3 is 2.20 bits per heavy atom. The second kappa shape index (κ2) is 15.9. The summed E-state index contributed by atoms with van der Waals surface area (Å²) in [6.45, 7) is 5.70. The van der Waals surface area contributed by atoms with Crippen LogP contribution < -0.4 is 10.6 Å². The quantitative estimate of drug-likeness (QED) is 0.233. The summed E-state index contributed by atoms with van der Waals surface area (Å²) in [7, 11) is -1.25. The van der Waals surface area contributed by atoms with Gasteiger partial charge in [-0.1, -0.05) is 75.3 Å². The van der Waals surface area contributed by atoms with E-state index in [4.69, 9.17) is 6.42 Å². The Bertz CT molecular complexity index is 1040. The molecule has 0 heterocycles. The van der Waals surface area contributed by atoms with E-state index < -0.39 is 45.8 Å². The maximum absolute atomic E-state index is 13.7. The highest BCUT2D eigenvalue weighted by molar-refractivity contribution is 7.86. The summed E-state index contributed by atoms with van der Waals surface area (Å²) in [5.74, 6) is 2.10. The second-order valence-corrected chi connectivity index (χ2v) is 15.3. The van der Waals surface area contributed by atoms with Crippen molar-refractivity contribution >= 4 is 22.6 Å². The van der Waals surface area contributed by atoms with Gasteiger partial charge in [0.2, 0.25) is 11.8 Å². The molecule has 41 heavy (non-hydrogen) atoms. The number of carbonyl (C=O) groups excluding carboxylic acids is 2. The molecule has 2 fully saturated rings. The van der Waals surface area contributed by atoms with E-state index in [0.717, 1.165) is 44.1 Å². The minimum Gasteiger partial charge on any atom is -0.389 e. The third-order valence-corrected chi connectivity index (χ3v) is 10.5. The lowest BCUT2D eigenvalue weighted by Gasteiger charge is -2.33. The summed E-state index contributed by atoms with van der Waals surface area (Å²) in [5, 5.41) is 27.5. The van der Waals surface area contributed by atoms with Crippen LogP contribution in [0.2, 0.25) is 0 Å². The third-order valence-electron chi connectivity index (χ3n) is 8.40. The summed E-state index contributed by atoms with van der Waals surface area (Å²) in [5.41, 5.74) is 0.972. The molecule has 3 rings (SSSR count). The summed E-state index contributed by atoms with van der Waals surface area (Å²) in [6, 6.07) is 8.21. The highest BCUT2D eigenvalue weighted by Gasteiger charge is 2.36. The van der Waals surface area contributed by atoms with Crippen LogP contribution in [0, 0.1) is 30.1 Å². The number of rotatable bonds is 15. The van der Waals surface area contributed by atoms with Gasteiger partial charge in [-0.3, -0.25) is 13.8 Å². The summed E-state index contributed by atoms with van der Waals surface area (Å²) >= 11 is 0. The van der Waals surface area contributed by atoms with Crippen molar-refractivity contribution < 1.29 is 24.0 Å². The molecule has 8 heteroatoms. The Labute approximate surface area is 249 Å². The van der Waals surface area contributed by atoms with E-state index >= 15 is 0 Å². The van der Waals surface area contributed by atoms with Crippen molar-refractivity contribution in [3.8, 4) is 12.3 Å². The van der Waals surface area contributed by atoms with Gasteiger partial charge < -0.3 is 20.8 Å². The summed E-state index contributed by atoms with van der Waals surface area (Å²) in [4.78, 5) is 27.4. The fraction of sp³-hybridized carbons (Fsp3) is 0.697. The molecule has 4 N–H and O–H groups in total. The lowest BCUT2D eigenvalue weighted by atomic mass is 9.82. The lowest BCUT2D eigenvalue weighted by molar-refractivity contribution is -0.132. The Hall–Kier alpha value is -2.21. The van der Waals surface area contributed by atoms with Crippen molar-refractivity contribution in [3.63, 3.8) is 0 Å². The number of amides is 2. The summed E-state index contributed by atoms with van der Waals surface area (Å²) < 4.78 is 12.6. The average molecular weight is 587 g/mol. The minimum atomic E-state index is -1.25. The van der Waals surface area contributed by atoms with Gasteiger partial charge in [-0.25, -0.2) is 0 Å². The molecular weight excluding hydrogens is 536 g/mol. The smallest absolute Gasteiger partial charge is 0.242 e. The number of carbonyl (C=O) groups is 2. The zero-order valence-corrected chi connectivity index (χ0v) is 25.8. The van der Waals surface area contributed by atoms with Gasteiger partial charge in [0.05, 0.1) is 18.1 Å². The molecule has 2 saturated carbocycles. The van der Waals surface area contributed by atoms with Gasteiger partial charge in [0.1, 0.15) is 12.1 Å². The molecule has 7 nitrogen and oxygen atoms in total. The Morgan fingerprint density at radius 1 is 0.976 bits per heavy atom. The highest BCUT2D eigenvalue weighted by atomic mass is 32.2. The topological polar surface area (TPSA) is 116 Å². The zero-order valence-electron chi connectivity index (χ0n) is 25.0. The molecule has 0 bridgehead atoms. The summed E-state index contributed by atoms with van der Waals surface area (Å²) in [6.07, 6.45) is 12.0. The third kappa shape index (κ3) is 11.2. The van der Waals surface area contributed by atoms with Crippen LogP contribution in [0.25, 0.3) is 0 Å². The van der Waals surface area contributed by atoms with Crippen molar-refractivity contribution in [3.05, 3.63) is 35.9 Å². The molecule has 0 aliphatic heterocycles. The molecule has 0 radical (unpaired) electrons. The molecule has 228 valence electrons. The number of nitrogens with one attached hydrogen (secondary N) is 2. The fourth-order valence-corrected chi connectivity index (χ4v) is 6.76. The van der Waals surface area contributed by atoms with Gasteiger partial charge in [0, 0.05) is 27.7 Å². The molecule has 1 aromatic rings. The first kappa shape index (κ1) is 33.3.